The van der Waals surface area contributed by atoms with E-state index >= 15 is 0 Å². The van der Waals surface area contributed by atoms with Gasteiger partial charge in [0.1, 0.15) is 24.4 Å². The van der Waals surface area contributed by atoms with Crippen LogP contribution in [0.15, 0.2) is 6.33 Å². The molecule has 114 valence electrons. The third-order valence-electron chi connectivity index (χ3n) is 3.60. The largest absolute Gasteiger partial charge is 0.387 e. The third-order valence-corrected chi connectivity index (χ3v) is 4.27. The molecular formula is C12H17N5O3S. The van der Waals surface area contributed by atoms with Gasteiger partial charge in [0, 0.05) is 5.75 Å². The van der Waals surface area contributed by atoms with Crippen LogP contribution in [0, 0.1) is 6.92 Å². The Morgan fingerprint density at radius 1 is 1.38 bits per heavy atom. The van der Waals surface area contributed by atoms with Crippen LogP contribution >= 0.6 is 11.8 Å². The minimum absolute atomic E-state index is 0.274. The summed E-state index contributed by atoms with van der Waals surface area (Å²) in [5.41, 5.74) is 6.74. The van der Waals surface area contributed by atoms with Crippen LogP contribution in [0.1, 0.15) is 12.1 Å². The summed E-state index contributed by atoms with van der Waals surface area (Å²) in [6.45, 7) is 1.77. The van der Waals surface area contributed by atoms with Crippen LogP contribution < -0.4 is 5.73 Å². The molecule has 21 heavy (non-hydrogen) atoms. The standard InChI is InChI=1S/C12H17N5O3S/c1-5-16-7-10(13)14-4-15-11(7)17(5)12-9(19)8(18)6(20-12)3-21-2/h4,6,8-9,12,18-19H,3H2,1-2H3,(H2,13,14,15)/t6-,8-,9-,12-/m1/s1. The monoisotopic (exact) mass is 311 g/mol. The Balaban J connectivity index is 2.05. The molecule has 0 bridgehead atoms. The molecule has 3 heterocycles. The highest BCUT2D eigenvalue weighted by atomic mass is 32.2. The van der Waals surface area contributed by atoms with E-state index in [2.05, 4.69) is 15.0 Å². The maximum atomic E-state index is 10.3. The fourth-order valence-corrected chi connectivity index (χ4v) is 3.19. The van der Waals surface area contributed by atoms with Gasteiger partial charge in [0.05, 0.1) is 6.10 Å². The smallest absolute Gasteiger partial charge is 0.167 e. The maximum Gasteiger partial charge on any atom is 0.167 e. The second-order valence-corrected chi connectivity index (χ2v) is 5.87. The van der Waals surface area contributed by atoms with Crippen LogP contribution in [-0.4, -0.2) is 60.1 Å². The van der Waals surface area contributed by atoms with E-state index in [1.165, 1.54) is 6.33 Å². The van der Waals surface area contributed by atoms with Crippen molar-refractivity contribution >= 4 is 28.7 Å². The Labute approximate surface area is 125 Å². The van der Waals surface area contributed by atoms with Crippen molar-refractivity contribution in [3.8, 4) is 0 Å². The second-order valence-electron chi connectivity index (χ2n) is 4.96. The van der Waals surface area contributed by atoms with E-state index in [1.807, 2.05) is 6.26 Å². The van der Waals surface area contributed by atoms with Crippen LogP contribution in [0.25, 0.3) is 11.2 Å². The lowest BCUT2D eigenvalue weighted by molar-refractivity contribution is -0.0300. The van der Waals surface area contributed by atoms with Crippen molar-refractivity contribution in [3.63, 3.8) is 0 Å². The number of imidazole rings is 1. The molecule has 0 aliphatic carbocycles. The summed E-state index contributed by atoms with van der Waals surface area (Å²) < 4.78 is 7.45. The van der Waals surface area contributed by atoms with Crippen LogP contribution in [-0.2, 0) is 4.74 Å². The van der Waals surface area contributed by atoms with Gasteiger partial charge in [-0.05, 0) is 13.2 Å². The summed E-state index contributed by atoms with van der Waals surface area (Å²) >= 11 is 1.55. The molecule has 0 unspecified atom stereocenters. The van der Waals surface area contributed by atoms with Crippen molar-refractivity contribution in [2.45, 2.75) is 31.5 Å². The number of aromatic nitrogens is 4. The number of anilines is 1. The lowest BCUT2D eigenvalue weighted by Gasteiger charge is -2.18. The highest BCUT2D eigenvalue weighted by Gasteiger charge is 2.44. The zero-order valence-electron chi connectivity index (χ0n) is 11.7. The van der Waals surface area contributed by atoms with Gasteiger partial charge in [-0.15, -0.1) is 0 Å². The molecule has 3 rings (SSSR count). The molecule has 0 radical (unpaired) electrons. The highest BCUT2D eigenvalue weighted by molar-refractivity contribution is 7.98. The molecule has 8 nitrogen and oxygen atoms in total. The topological polar surface area (TPSA) is 119 Å². The number of rotatable bonds is 3. The summed E-state index contributed by atoms with van der Waals surface area (Å²) in [4.78, 5) is 12.4. The Morgan fingerprint density at radius 2 is 2.14 bits per heavy atom. The predicted octanol–water partition coefficient (Wildman–Crippen LogP) is -0.301. The molecule has 1 aliphatic heterocycles. The zero-order chi connectivity index (χ0) is 15.1. The Hall–Kier alpha value is -1.42. The van der Waals surface area contributed by atoms with Gasteiger partial charge < -0.3 is 20.7 Å². The van der Waals surface area contributed by atoms with E-state index in [4.69, 9.17) is 10.5 Å². The molecule has 1 fully saturated rings. The van der Waals surface area contributed by atoms with E-state index in [-0.39, 0.29) is 5.82 Å². The van der Waals surface area contributed by atoms with Crippen molar-refractivity contribution in [2.24, 2.45) is 0 Å². The third kappa shape index (κ3) is 2.26. The molecular weight excluding hydrogens is 294 g/mol. The number of aryl methyl sites for hydroxylation is 1. The predicted molar refractivity (Wildman–Crippen MR) is 78.8 cm³/mol. The van der Waals surface area contributed by atoms with Crippen LogP contribution in [0.2, 0.25) is 0 Å². The van der Waals surface area contributed by atoms with E-state index in [9.17, 15) is 10.2 Å². The number of hydrogen-bond donors (Lipinski definition) is 3. The van der Waals surface area contributed by atoms with Crippen molar-refractivity contribution in [2.75, 3.05) is 17.7 Å². The van der Waals surface area contributed by atoms with Gasteiger partial charge in [-0.3, -0.25) is 4.57 Å². The van der Waals surface area contributed by atoms with E-state index in [0.29, 0.717) is 22.7 Å². The maximum absolute atomic E-state index is 10.3. The quantitative estimate of drug-likeness (QED) is 0.707. The second kappa shape index (κ2) is 5.41. The van der Waals surface area contributed by atoms with E-state index in [1.54, 1.807) is 23.3 Å². The van der Waals surface area contributed by atoms with Gasteiger partial charge in [0.2, 0.25) is 0 Å². The van der Waals surface area contributed by atoms with Gasteiger partial charge in [-0.2, -0.15) is 11.8 Å². The fourth-order valence-electron chi connectivity index (χ4n) is 2.58. The van der Waals surface area contributed by atoms with Crippen LogP contribution in [0.5, 0.6) is 0 Å². The SMILES string of the molecule is CSC[C@H]1O[C@@H](n2c(C)nc3c(N)ncnc32)[C@H](O)[C@@H]1O. The Morgan fingerprint density at radius 3 is 2.86 bits per heavy atom. The number of nitrogens with zero attached hydrogens (tertiary/aromatic N) is 4. The minimum atomic E-state index is -1.05. The number of aliphatic hydroxyl groups excluding tert-OH is 2. The summed E-state index contributed by atoms with van der Waals surface area (Å²) in [5, 5.41) is 20.4. The first-order valence-corrected chi connectivity index (χ1v) is 7.89. The van der Waals surface area contributed by atoms with Crippen LogP contribution in [0.3, 0.4) is 0 Å². The molecule has 2 aromatic rings. The molecule has 0 spiro atoms. The molecule has 9 heteroatoms. The molecule has 4 N–H and O–H groups in total. The fraction of sp³-hybridized carbons (Fsp3) is 0.583. The number of aliphatic hydroxyl groups is 2. The first kappa shape index (κ1) is 14.5. The first-order valence-electron chi connectivity index (χ1n) is 6.50. The highest BCUT2D eigenvalue weighted by Crippen LogP contribution is 2.34. The van der Waals surface area contributed by atoms with E-state index in [0.717, 1.165) is 0 Å². The van der Waals surface area contributed by atoms with Gasteiger partial charge >= 0.3 is 0 Å². The lowest BCUT2D eigenvalue weighted by atomic mass is 10.1. The average Bonchev–Trinajstić information content (AvgIpc) is 2.92. The van der Waals surface area contributed by atoms with Gasteiger partial charge in [0.25, 0.3) is 0 Å². The normalized spacial score (nSPS) is 29.3. The molecule has 1 saturated heterocycles. The molecule has 2 aromatic heterocycles. The average molecular weight is 311 g/mol. The molecule has 0 saturated carbocycles. The summed E-state index contributed by atoms with van der Waals surface area (Å²) in [5.74, 6) is 1.46. The number of thioether (sulfide) groups is 1. The number of hydrogen-bond acceptors (Lipinski definition) is 8. The number of ether oxygens (including phenoxy) is 1. The molecule has 1 aliphatic rings. The van der Waals surface area contributed by atoms with E-state index < -0.39 is 24.5 Å². The molecule has 0 aromatic carbocycles. The summed E-state index contributed by atoms with van der Waals surface area (Å²) in [7, 11) is 0. The van der Waals surface area contributed by atoms with Crippen LogP contribution in [0.4, 0.5) is 5.82 Å². The minimum Gasteiger partial charge on any atom is -0.387 e. The lowest BCUT2D eigenvalue weighted by Crippen LogP contribution is -2.32. The van der Waals surface area contributed by atoms with Gasteiger partial charge in [-0.25, -0.2) is 15.0 Å². The van der Waals surface area contributed by atoms with Gasteiger partial charge in [-0.1, -0.05) is 0 Å². The Kier molecular flexibility index (Phi) is 3.74. The van der Waals surface area contributed by atoms with Crippen molar-refractivity contribution in [3.05, 3.63) is 12.2 Å². The van der Waals surface area contributed by atoms with Crippen molar-refractivity contribution < 1.29 is 14.9 Å². The summed E-state index contributed by atoms with van der Waals surface area (Å²) in [6.07, 6.45) is 0.0916. The van der Waals surface area contributed by atoms with Gasteiger partial charge in [0.15, 0.2) is 23.2 Å². The zero-order valence-corrected chi connectivity index (χ0v) is 12.5. The first-order chi connectivity index (χ1) is 10.0. The molecule has 4 atom stereocenters. The number of nitrogen functional groups attached to an aromatic ring is 1. The number of fused-ring (bicyclic) bond motifs is 1. The molecule has 0 amide bonds. The van der Waals surface area contributed by atoms with Crippen molar-refractivity contribution in [1.82, 2.24) is 19.5 Å². The van der Waals surface area contributed by atoms with Crippen molar-refractivity contribution in [1.29, 1.82) is 0 Å². The number of nitrogens with two attached hydrogens (primary N) is 1. The summed E-state index contributed by atoms with van der Waals surface area (Å²) in [6, 6.07) is 0. The Bertz CT molecular complexity index is 664.